The highest BCUT2D eigenvalue weighted by Crippen LogP contribution is 2.28. The molecule has 3 aromatic rings. The summed E-state index contributed by atoms with van der Waals surface area (Å²) in [6, 6.07) is 13.4. The maximum Gasteiger partial charge on any atom is 0.253 e. The molecule has 1 amide bonds. The molecule has 0 aliphatic carbocycles. The molecule has 8 heteroatoms. The van der Waals surface area contributed by atoms with Gasteiger partial charge in [-0.2, -0.15) is 5.10 Å². The summed E-state index contributed by atoms with van der Waals surface area (Å²) in [5.74, 6) is 0.522. The van der Waals surface area contributed by atoms with E-state index in [-0.39, 0.29) is 24.2 Å². The molecule has 0 radical (unpaired) electrons. The fraction of sp³-hybridized carbons (Fsp3) is 0.318. The smallest absolute Gasteiger partial charge is 0.253 e. The highest BCUT2D eigenvalue weighted by Gasteiger charge is 2.28. The number of amides is 1. The van der Waals surface area contributed by atoms with E-state index in [0.29, 0.717) is 30.9 Å². The molecule has 1 aliphatic rings. The highest BCUT2D eigenvalue weighted by molar-refractivity contribution is 5.94. The third-order valence-corrected chi connectivity index (χ3v) is 5.22. The maximum absolute atomic E-state index is 13.1. The molecule has 1 aliphatic heterocycles. The number of benzene rings is 2. The largest absolute Gasteiger partial charge is 0.491 e. The van der Waals surface area contributed by atoms with E-state index in [1.54, 1.807) is 36.4 Å². The highest BCUT2D eigenvalue weighted by atomic mass is 19.1. The van der Waals surface area contributed by atoms with Crippen molar-refractivity contribution >= 4 is 5.91 Å². The first kappa shape index (κ1) is 20.0. The number of aliphatic hydroxyl groups is 1. The van der Waals surface area contributed by atoms with Gasteiger partial charge in [-0.3, -0.25) is 9.48 Å². The summed E-state index contributed by atoms with van der Waals surface area (Å²) in [4.78, 5) is 18.5. The lowest BCUT2D eigenvalue weighted by molar-refractivity contribution is 0.0789. The third-order valence-electron chi connectivity index (χ3n) is 5.22. The van der Waals surface area contributed by atoms with E-state index < -0.39 is 6.10 Å². The number of hydrogen-bond donors (Lipinski definition) is 1. The van der Waals surface area contributed by atoms with Gasteiger partial charge in [0.15, 0.2) is 0 Å². The van der Waals surface area contributed by atoms with Gasteiger partial charge in [0.05, 0.1) is 6.54 Å². The van der Waals surface area contributed by atoms with Gasteiger partial charge in [0.25, 0.3) is 5.91 Å². The van der Waals surface area contributed by atoms with Crippen LogP contribution in [-0.4, -0.2) is 56.5 Å². The van der Waals surface area contributed by atoms with Crippen molar-refractivity contribution in [3.05, 3.63) is 78.1 Å². The first-order valence-corrected chi connectivity index (χ1v) is 9.86. The number of ether oxygens (including phenoxy) is 1. The molecule has 1 unspecified atom stereocenters. The Bertz CT molecular complexity index is 961. The number of halogens is 1. The van der Waals surface area contributed by atoms with Gasteiger partial charge in [0.2, 0.25) is 0 Å². The van der Waals surface area contributed by atoms with Crippen LogP contribution in [0.2, 0.25) is 0 Å². The van der Waals surface area contributed by atoms with Crippen LogP contribution in [0.3, 0.4) is 0 Å². The van der Waals surface area contributed by atoms with Gasteiger partial charge in [-0.1, -0.05) is 12.1 Å². The van der Waals surface area contributed by atoms with Crippen LogP contribution >= 0.6 is 0 Å². The van der Waals surface area contributed by atoms with Crippen LogP contribution in [0.5, 0.6) is 5.75 Å². The predicted octanol–water partition coefficient (Wildman–Crippen LogP) is 2.49. The third kappa shape index (κ3) is 4.83. The molecule has 1 fully saturated rings. The first-order chi connectivity index (χ1) is 14.6. The van der Waals surface area contributed by atoms with Crippen molar-refractivity contribution in [2.45, 2.75) is 25.0 Å². The van der Waals surface area contributed by atoms with Crippen LogP contribution in [0, 0.1) is 5.82 Å². The lowest BCUT2D eigenvalue weighted by atomic mass is 9.99. The van der Waals surface area contributed by atoms with Gasteiger partial charge in [0.1, 0.15) is 36.9 Å². The molecule has 30 heavy (non-hydrogen) atoms. The number of aliphatic hydroxyl groups excluding tert-OH is 1. The molecule has 1 N–H and O–H groups in total. The minimum absolute atomic E-state index is 0.0302. The summed E-state index contributed by atoms with van der Waals surface area (Å²) in [6.07, 6.45) is 3.08. The average molecular weight is 410 g/mol. The monoisotopic (exact) mass is 410 g/mol. The zero-order valence-electron chi connectivity index (χ0n) is 16.4. The van der Waals surface area contributed by atoms with E-state index in [1.807, 2.05) is 4.90 Å². The lowest BCUT2D eigenvalue weighted by Crippen LogP contribution is -2.28. The quantitative estimate of drug-likeness (QED) is 0.647. The van der Waals surface area contributed by atoms with Crippen LogP contribution in [-0.2, 0) is 6.54 Å². The Kier molecular flexibility index (Phi) is 6.04. The Morgan fingerprint density at radius 1 is 1.20 bits per heavy atom. The van der Waals surface area contributed by atoms with Crippen molar-refractivity contribution in [2.24, 2.45) is 0 Å². The number of hydrogen-bond acceptors (Lipinski definition) is 5. The molecular weight excluding hydrogens is 387 g/mol. The number of carbonyl (C=O) groups excluding carboxylic acids is 1. The molecule has 4 rings (SSSR count). The number of rotatable bonds is 7. The van der Waals surface area contributed by atoms with Crippen LogP contribution in [0.4, 0.5) is 4.39 Å². The number of carbonyl (C=O) groups is 1. The normalized spacial score (nSPS) is 17.1. The van der Waals surface area contributed by atoms with Gasteiger partial charge in [-0.05, 0) is 48.4 Å². The van der Waals surface area contributed by atoms with Gasteiger partial charge in [-0.25, -0.2) is 9.37 Å². The average Bonchev–Trinajstić information content (AvgIpc) is 3.45. The van der Waals surface area contributed by atoms with Crippen LogP contribution in [0.1, 0.15) is 28.3 Å². The first-order valence-electron chi connectivity index (χ1n) is 9.86. The SMILES string of the molecule is O=C(c1ccc(OCC(O)Cn2cncn2)cc1)N1CC[C@H](c2ccc(F)cc2)C1. The van der Waals surface area contributed by atoms with Crippen molar-refractivity contribution in [3.63, 3.8) is 0 Å². The second-order valence-corrected chi connectivity index (χ2v) is 7.40. The second-order valence-electron chi connectivity index (χ2n) is 7.40. The van der Waals surface area contributed by atoms with Crippen LogP contribution in [0.15, 0.2) is 61.2 Å². The molecule has 0 saturated carbocycles. The summed E-state index contributed by atoms with van der Waals surface area (Å²) in [7, 11) is 0. The summed E-state index contributed by atoms with van der Waals surface area (Å²) in [6.45, 7) is 1.70. The second kappa shape index (κ2) is 9.04. The molecule has 2 aromatic carbocycles. The van der Waals surface area contributed by atoms with E-state index in [4.69, 9.17) is 4.74 Å². The minimum Gasteiger partial charge on any atom is -0.491 e. The van der Waals surface area contributed by atoms with Gasteiger partial charge in [0, 0.05) is 24.6 Å². The Labute approximate surface area is 173 Å². The van der Waals surface area contributed by atoms with E-state index >= 15 is 0 Å². The summed E-state index contributed by atoms with van der Waals surface area (Å²) >= 11 is 0. The van der Waals surface area contributed by atoms with Gasteiger partial charge >= 0.3 is 0 Å². The topological polar surface area (TPSA) is 80.5 Å². The minimum atomic E-state index is -0.721. The Morgan fingerprint density at radius 2 is 1.97 bits per heavy atom. The molecule has 0 spiro atoms. The molecule has 2 atom stereocenters. The maximum atomic E-state index is 13.1. The molecular formula is C22H23FN4O3. The van der Waals surface area contributed by atoms with E-state index in [0.717, 1.165) is 12.0 Å². The van der Waals surface area contributed by atoms with Crippen molar-refractivity contribution < 1.29 is 19.0 Å². The van der Waals surface area contributed by atoms with Crippen LogP contribution < -0.4 is 4.74 Å². The van der Waals surface area contributed by atoms with Gasteiger partial charge in [-0.15, -0.1) is 0 Å². The van der Waals surface area contributed by atoms with E-state index in [2.05, 4.69) is 10.1 Å². The van der Waals surface area contributed by atoms with Crippen LogP contribution in [0.25, 0.3) is 0 Å². The van der Waals surface area contributed by atoms with Gasteiger partial charge < -0.3 is 14.7 Å². The fourth-order valence-corrected chi connectivity index (χ4v) is 3.62. The lowest BCUT2D eigenvalue weighted by Gasteiger charge is -2.17. The molecule has 7 nitrogen and oxygen atoms in total. The zero-order valence-corrected chi connectivity index (χ0v) is 16.4. The fourth-order valence-electron chi connectivity index (χ4n) is 3.62. The molecule has 2 heterocycles. The number of likely N-dealkylation sites (tertiary alicyclic amines) is 1. The van der Waals surface area contributed by atoms with Crippen molar-refractivity contribution in [2.75, 3.05) is 19.7 Å². The number of aromatic nitrogens is 3. The Hall–Kier alpha value is -3.26. The standard InChI is InChI=1S/C22H23FN4O3/c23-19-5-1-16(2-6-19)18-9-10-26(11-18)22(29)17-3-7-21(8-4-17)30-13-20(28)12-27-15-24-14-25-27/h1-8,14-15,18,20,28H,9-13H2/t18-,20?/m0/s1. The Morgan fingerprint density at radius 3 is 2.67 bits per heavy atom. The molecule has 1 saturated heterocycles. The molecule has 0 bridgehead atoms. The summed E-state index contributed by atoms with van der Waals surface area (Å²) in [5, 5.41) is 13.9. The van der Waals surface area contributed by atoms with E-state index in [9.17, 15) is 14.3 Å². The van der Waals surface area contributed by atoms with E-state index in [1.165, 1.54) is 29.5 Å². The summed E-state index contributed by atoms with van der Waals surface area (Å²) in [5.41, 5.74) is 1.64. The summed E-state index contributed by atoms with van der Waals surface area (Å²) < 4.78 is 20.2. The predicted molar refractivity (Wildman–Crippen MR) is 108 cm³/mol. The molecule has 156 valence electrons. The molecule has 1 aromatic heterocycles. The van der Waals surface area contributed by atoms with Crippen molar-refractivity contribution in [1.29, 1.82) is 0 Å². The van der Waals surface area contributed by atoms with Crippen molar-refractivity contribution in [3.8, 4) is 5.75 Å². The zero-order chi connectivity index (χ0) is 20.9. The Balaban J connectivity index is 1.29. The number of nitrogens with zero attached hydrogens (tertiary/aromatic N) is 4. The van der Waals surface area contributed by atoms with Crippen molar-refractivity contribution in [1.82, 2.24) is 19.7 Å².